The highest BCUT2D eigenvalue weighted by Gasteiger charge is 2.28. The Morgan fingerprint density at radius 3 is 2.42 bits per heavy atom. The Bertz CT molecular complexity index is 794. The Labute approximate surface area is 142 Å². The summed E-state index contributed by atoms with van der Waals surface area (Å²) in [6.07, 6.45) is 6.59. The molecule has 0 spiro atoms. The SMILES string of the molecule is Cc1cc(OC2(C)C=CC=C(Oc3ccc(N)cc3)C2)ccc1N. The van der Waals surface area contributed by atoms with Crippen molar-refractivity contribution in [1.29, 1.82) is 0 Å². The third-order valence-corrected chi connectivity index (χ3v) is 3.98. The van der Waals surface area contributed by atoms with Gasteiger partial charge in [0.1, 0.15) is 22.9 Å². The first kappa shape index (κ1) is 16.0. The molecule has 0 bridgehead atoms. The van der Waals surface area contributed by atoms with Crippen LogP contribution in [-0.2, 0) is 0 Å². The molecule has 0 aliphatic heterocycles. The van der Waals surface area contributed by atoms with Gasteiger partial charge in [0.05, 0.1) is 0 Å². The van der Waals surface area contributed by atoms with Crippen molar-refractivity contribution in [2.75, 3.05) is 11.5 Å². The molecule has 4 N–H and O–H groups in total. The molecule has 1 unspecified atom stereocenters. The number of hydrogen-bond donors (Lipinski definition) is 2. The molecule has 0 saturated heterocycles. The van der Waals surface area contributed by atoms with Crippen molar-refractivity contribution >= 4 is 11.4 Å². The maximum atomic E-state index is 6.18. The smallest absolute Gasteiger partial charge is 0.132 e. The predicted octanol–water partition coefficient (Wildman–Crippen LogP) is 4.22. The second-order valence-electron chi connectivity index (χ2n) is 6.27. The van der Waals surface area contributed by atoms with E-state index in [0.29, 0.717) is 12.1 Å². The highest BCUT2D eigenvalue weighted by Crippen LogP contribution is 2.31. The molecule has 1 aliphatic carbocycles. The molecular formula is C20H22N2O2. The lowest BCUT2D eigenvalue weighted by atomic mass is 9.96. The minimum absolute atomic E-state index is 0.472. The van der Waals surface area contributed by atoms with Crippen LogP contribution in [-0.4, -0.2) is 5.60 Å². The Morgan fingerprint density at radius 1 is 1.00 bits per heavy atom. The first-order chi connectivity index (χ1) is 11.4. The number of ether oxygens (including phenoxy) is 2. The second kappa shape index (κ2) is 6.32. The van der Waals surface area contributed by atoms with E-state index in [-0.39, 0.29) is 0 Å². The topological polar surface area (TPSA) is 70.5 Å². The monoisotopic (exact) mass is 322 g/mol. The lowest BCUT2D eigenvalue weighted by molar-refractivity contribution is 0.126. The molecule has 2 aromatic carbocycles. The summed E-state index contributed by atoms with van der Waals surface area (Å²) in [5.41, 5.74) is 13.6. The van der Waals surface area contributed by atoms with Crippen molar-refractivity contribution in [1.82, 2.24) is 0 Å². The Morgan fingerprint density at radius 2 is 1.71 bits per heavy atom. The third kappa shape index (κ3) is 3.71. The Hall–Kier alpha value is -2.88. The molecule has 0 saturated carbocycles. The molecule has 4 heteroatoms. The molecule has 124 valence electrons. The van der Waals surface area contributed by atoms with Crippen LogP contribution in [0.25, 0.3) is 0 Å². The molecule has 1 atom stereocenters. The minimum atomic E-state index is -0.472. The first-order valence-corrected chi connectivity index (χ1v) is 7.90. The van der Waals surface area contributed by atoms with Gasteiger partial charge in [-0.2, -0.15) is 0 Å². The van der Waals surface area contributed by atoms with Gasteiger partial charge in [-0.15, -0.1) is 0 Å². The summed E-state index contributed by atoms with van der Waals surface area (Å²) in [5, 5.41) is 0. The van der Waals surface area contributed by atoms with E-state index in [0.717, 1.165) is 28.5 Å². The number of anilines is 2. The maximum absolute atomic E-state index is 6.18. The number of rotatable bonds is 4. The number of nitrogen functional groups attached to an aromatic ring is 2. The zero-order chi connectivity index (χ0) is 17.2. The fourth-order valence-electron chi connectivity index (χ4n) is 2.63. The average molecular weight is 322 g/mol. The van der Waals surface area contributed by atoms with Gasteiger partial charge in [-0.1, -0.05) is 6.08 Å². The van der Waals surface area contributed by atoms with Gasteiger partial charge in [0.15, 0.2) is 0 Å². The van der Waals surface area contributed by atoms with Gasteiger partial charge in [0.2, 0.25) is 0 Å². The van der Waals surface area contributed by atoms with Crippen molar-refractivity contribution < 1.29 is 9.47 Å². The van der Waals surface area contributed by atoms with Crippen LogP contribution in [0, 0.1) is 6.92 Å². The molecular weight excluding hydrogens is 300 g/mol. The summed E-state index contributed by atoms with van der Waals surface area (Å²) in [4.78, 5) is 0. The van der Waals surface area contributed by atoms with E-state index in [1.165, 1.54) is 0 Å². The highest BCUT2D eigenvalue weighted by molar-refractivity contribution is 5.50. The van der Waals surface area contributed by atoms with Crippen molar-refractivity contribution in [2.24, 2.45) is 0 Å². The van der Waals surface area contributed by atoms with E-state index in [1.54, 1.807) is 0 Å². The molecule has 4 nitrogen and oxygen atoms in total. The minimum Gasteiger partial charge on any atom is -0.483 e. The van der Waals surface area contributed by atoms with E-state index in [1.807, 2.05) is 74.5 Å². The van der Waals surface area contributed by atoms with Gasteiger partial charge >= 0.3 is 0 Å². The lowest BCUT2D eigenvalue weighted by Gasteiger charge is -2.30. The van der Waals surface area contributed by atoms with Gasteiger partial charge in [0, 0.05) is 17.8 Å². The zero-order valence-corrected chi connectivity index (χ0v) is 14.0. The number of hydrogen-bond acceptors (Lipinski definition) is 4. The van der Waals surface area contributed by atoms with Crippen LogP contribution in [0.4, 0.5) is 11.4 Å². The van der Waals surface area contributed by atoms with Crippen LogP contribution < -0.4 is 20.9 Å². The van der Waals surface area contributed by atoms with Crippen molar-refractivity contribution in [2.45, 2.75) is 25.9 Å². The van der Waals surface area contributed by atoms with E-state index in [4.69, 9.17) is 20.9 Å². The lowest BCUT2D eigenvalue weighted by Crippen LogP contribution is -2.32. The van der Waals surface area contributed by atoms with Crippen LogP contribution in [0.2, 0.25) is 0 Å². The fraction of sp³-hybridized carbons (Fsp3) is 0.200. The molecule has 0 heterocycles. The summed E-state index contributed by atoms with van der Waals surface area (Å²) < 4.78 is 12.1. The predicted molar refractivity (Wildman–Crippen MR) is 97.9 cm³/mol. The second-order valence-corrected chi connectivity index (χ2v) is 6.27. The zero-order valence-electron chi connectivity index (χ0n) is 14.0. The summed E-state index contributed by atoms with van der Waals surface area (Å²) in [5.74, 6) is 2.40. The molecule has 3 rings (SSSR count). The van der Waals surface area contributed by atoms with Crippen molar-refractivity contribution in [3.05, 3.63) is 72.0 Å². The van der Waals surface area contributed by atoms with Gasteiger partial charge < -0.3 is 20.9 Å². The normalized spacial score (nSPS) is 19.7. The molecule has 2 aromatic rings. The maximum Gasteiger partial charge on any atom is 0.132 e. The van der Waals surface area contributed by atoms with Gasteiger partial charge in [0.25, 0.3) is 0 Å². The van der Waals surface area contributed by atoms with Crippen LogP contribution in [0.15, 0.2) is 66.5 Å². The molecule has 0 fully saturated rings. The number of benzene rings is 2. The summed E-state index contributed by atoms with van der Waals surface area (Å²) in [6.45, 7) is 4.01. The fourth-order valence-corrected chi connectivity index (χ4v) is 2.63. The first-order valence-electron chi connectivity index (χ1n) is 7.90. The van der Waals surface area contributed by atoms with Gasteiger partial charge in [-0.25, -0.2) is 0 Å². The van der Waals surface area contributed by atoms with Crippen LogP contribution in [0.5, 0.6) is 11.5 Å². The molecule has 0 radical (unpaired) electrons. The quantitative estimate of drug-likeness (QED) is 0.827. The standard InChI is InChI=1S/C20H22N2O2/c1-14-12-17(9-10-19(14)22)24-20(2)11-3-4-18(13-20)23-16-7-5-15(21)6-8-16/h3-12H,13,21-22H2,1-2H3. The van der Waals surface area contributed by atoms with Crippen LogP contribution in [0.1, 0.15) is 18.9 Å². The highest BCUT2D eigenvalue weighted by atomic mass is 16.5. The van der Waals surface area contributed by atoms with E-state index >= 15 is 0 Å². The van der Waals surface area contributed by atoms with E-state index in [2.05, 4.69) is 0 Å². The van der Waals surface area contributed by atoms with E-state index in [9.17, 15) is 0 Å². The van der Waals surface area contributed by atoms with Crippen LogP contribution in [0.3, 0.4) is 0 Å². The Balaban J connectivity index is 1.71. The Kier molecular flexibility index (Phi) is 4.21. The number of nitrogens with two attached hydrogens (primary N) is 2. The summed E-state index contributed by atoms with van der Waals surface area (Å²) in [7, 11) is 0. The molecule has 0 amide bonds. The van der Waals surface area contributed by atoms with Crippen molar-refractivity contribution in [3.63, 3.8) is 0 Å². The van der Waals surface area contributed by atoms with Gasteiger partial charge in [-0.3, -0.25) is 0 Å². The number of aryl methyl sites for hydroxylation is 1. The van der Waals surface area contributed by atoms with E-state index < -0.39 is 5.60 Å². The van der Waals surface area contributed by atoms with Gasteiger partial charge in [-0.05, 0) is 74.0 Å². The molecule has 0 aromatic heterocycles. The van der Waals surface area contributed by atoms with Crippen molar-refractivity contribution in [3.8, 4) is 11.5 Å². The average Bonchev–Trinajstić information content (AvgIpc) is 2.53. The third-order valence-electron chi connectivity index (χ3n) is 3.98. The largest absolute Gasteiger partial charge is 0.483 e. The summed E-state index contributed by atoms with van der Waals surface area (Å²) in [6, 6.07) is 13.1. The van der Waals surface area contributed by atoms with Crippen LogP contribution >= 0.6 is 0 Å². The number of allylic oxidation sites excluding steroid dienone is 2. The molecule has 1 aliphatic rings. The summed E-state index contributed by atoms with van der Waals surface area (Å²) >= 11 is 0. The molecule has 24 heavy (non-hydrogen) atoms.